The zero-order chi connectivity index (χ0) is 29.5. The number of carboxylic acid groups (broad SMARTS) is 1. The lowest BCUT2D eigenvalue weighted by Gasteiger charge is -2.37. The van der Waals surface area contributed by atoms with Crippen LogP contribution in [0.3, 0.4) is 0 Å². The number of sulfonamides is 1. The monoisotopic (exact) mass is 578 g/mol. The lowest BCUT2D eigenvalue weighted by Crippen LogP contribution is -2.53. The SMILES string of the molecule is CC(C)(C)C1[C@@H](NC(=O)c2nc(-c3cccc(S(=O)(=O)N[C@@H]4CCc5ccccc54)c3)cnc2N)CCN1C(=O)O. The van der Waals surface area contributed by atoms with Crippen LogP contribution >= 0.6 is 0 Å². The number of aromatic nitrogens is 2. The fraction of sp³-hybridized carbons (Fsp3) is 0.379. The summed E-state index contributed by atoms with van der Waals surface area (Å²) in [5, 5.41) is 12.6. The molecule has 12 heteroatoms. The van der Waals surface area contributed by atoms with Crippen LogP contribution in [0.5, 0.6) is 0 Å². The number of rotatable bonds is 6. The molecule has 1 aromatic heterocycles. The predicted molar refractivity (Wildman–Crippen MR) is 154 cm³/mol. The zero-order valence-corrected chi connectivity index (χ0v) is 24.0. The number of fused-ring (bicyclic) bond motifs is 1. The molecule has 41 heavy (non-hydrogen) atoms. The number of nitrogens with one attached hydrogen (secondary N) is 2. The molecule has 1 aliphatic carbocycles. The van der Waals surface area contributed by atoms with Crippen LogP contribution < -0.4 is 15.8 Å². The molecule has 0 bridgehead atoms. The number of nitrogens with zero attached hydrogens (tertiary/aromatic N) is 3. The Labute approximate surface area is 239 Å². The smallest absolute Gasteiger partial charge is 0.407 e. The van der Waals surface area contributed by atoms with Crippen LogP contribution in [0.1, 0.15) is 61.3 Å². The Morgan fingerprint density at radius 2 is 1.85 bits per heavy atom. The van der Waals surface area contributed by atoms with Crippen molar-refractivity contribution in [2.24, 2.45) is 5.41 Å². The van der Waals surface area contributed by atoms with Crippen molar-refractivity contribution in [3.63, 3.8) is 0 Å². The van der Waals surface area contributed by atoms with Gasteiger partial charge in [-0.05, 0) is 47.9 Å². The third-order valence-electron chi connectivity index (χ3n) is 7.73. The van der Waals surface area contributed by atoms with E-state index in [9.17, 15) is 23.1 Å². The summed E-state index contributed by atoms with van der Waals surface area (Å²) < 4.78 is 29.4. The minimum Gasteiger partial charge on any atom is -0.465 e. The fourth-order valence-electron chi connectivity index (χ4n) is 5.93. The minimum absolute atomic E-state index is 0.0664. The van der Waals surface area contributed by atoms with Gasteiger partial charge in [0.05, 0.1) is 28.9 Å². The van der Waals surface area contributed by atoms with Crippen molar-refractivity contribution in [3.05, 3.63) is 71.5 Å². The van der Waals surface area contributed by atoms with E-state index in [2.05, 4.69) is 20.0 Å². The van der Waals surface area contributed by atoms with Gasteiger partial charge < -0.3 is 21.1 Å². The van der Waals surface area contributed by atoms with Crippen LogP contribution in [0.15, 0.2) is 59.6 Å². The van der Waals surface area contributed by atoms with Crippen LogP contribution in [-0.2, 0) is 16.4 Å². The summed E-state index contributed by atoms with van der Waals surface area (Å²) in [7, 11) is -3.85. The van der Waals surface area contributed by atoms with Gasteiger partial charge in [-0.25, -0.2) is 27.9 Å². The lowest BCUT2D eigenvalue weighted by molar-refractivity contribution is 0.0824. The summed E-state index contributed by atoms with van der Waals surface area (Å²) in [5.41, 5.74) is 8.33. The highest BCUT2D eigenvalue weighted by atomic mass is 32.2. The molecule has 2 aliphatic rings. The maximum Gasteiger partial charge on any atom is 0.407 e. The molecule has 3 atom stereocenters. The van der Waals surface area contributed by atoms with Crippen LogP contribution in [-0.4, -0.2) is 59.0 Å². The first-order chi connectivity index (χ1) is 19.3. The number of anilines is 1. The number of hydrogen-bond acceptors (Lipinski definition) is 7. The number of carbonyl (C=O) groups is 2. The molecule has 5 N–H and O–H groups in total. The van der Waals surface area contributed by atoms with Crippen LogP contribution in [0, 0.1) is 5.41 Å². The number of amides is 2. The molecule has 2 amide bonds. The van der Waals surface area contributed by atoms with Crippen LogP contribution in [0.4, 0.5) is 10.6 Å². The van der Waals surface area contributed by atoms with Gasteiger partial charge in [0.25, 0.3) is 5.91 Å². The highest BCUT2D eigenvalue weighted by molar-refractivity contribution is 7.89. The van der Waals surface area contributed by atoms with Gasteiger partial charge in [-0.15, -0.1) is 0 Å². The second-order valence-corrected chi connectivity index (χ2v) is 13.3. The Morgan fingerprint density at radius 3 is 2.59 bits per heavy atom. The van der Waals surface area contributed by atoms with Gasteiger partial charge >= 0.3 is 6.09 Å². The summed E-state index contributed by atoms with van der Waals surface area (Å²) in [5.74, 6) is -0.661. The quantitative estimate of drug-likeness (QED) is 0.344. The minimum atomic E-state index is -3.85. The normalized spacial score (nSPS) is 20.6. The van der Waals surface area contributed by atoms with Gasteiger partial charge in [0, 0.05) is 18.2 Å². The topological polar surface area (TPSA) is 168 Å². The van der Waals surface area contributed by atoms with Gasteiger partial charge in [0.2, 0.25) is 10.0 Å². The number of likely N-dealkylation sites (tertiary alicyclic amines) is 1. The van der Waals surface area contributed by atoms with Crippen molar-refractivity contribution in [2.45, 2.75) is 63.1 Å². The van der Waals surface area contributed by atoms with Crippen molar-refractivity contribution in [2.75, 3.05) is 12.3 Å². The largest absolute Gasteiger partial charge is 0.465 e. The number of benzene rings is 2. The molecule has 0 saturated carbocycles. The maximum absolute atomic E-state index is 13.3. The van der Waals surface area contributed by atoms with Gasteiger partial charge in [-0.1, -0.05) is 57.2 Å². The number of carbonyl (C=O) groups excluding carboxylic acids is 1. The highest BCUT2D eigenvalue weighted by Crippen LogP contribution is 2.34. The van der Waals surface area contributed by atoms with Gasteiger partial charge in [0.15, 0.2) is 11.5 Å². The highest BCUT2D eigenvalue weighted by Gasteiger charge is 2.45. The maximum atomic E-state index is 13.3. The second-order valence-electron chi connectivity index (χ2n) is 11.6. The molecule has 216 valence electrons. The molecule has 2 aromatic carbocycles. The van der Waals surface area contributed by atoms with E-state index < -0.39 is 39.5 Å². The molecule has 0 spiro atoms. The Kier molecular flexibility index (Phi) is 7.47. The third kappa shape index (κ3) is 5.75. The molecule has 1 unspecified atom stereocenters. The predicted octanol–water partition coefficient (Wildman–Crippen LogP) is 3.59. The average molecular weight is 579 g/mol. The second kappa shape index (κ2) is 10.7. The molecule has 3 aromatic rings. The Hall–Kier alpha value is -4.03. The van der Waals surface area contributed by atoms with E-state index in [1.54, 1.807) is 12.1 Å². The first-order valence-corrected chi connectivity index (χ1v) is 15.0. The molecule has 1 fully saturated rings. The summed E-state index contributed by atoms with van der Waals surface area (Å²) in [6, 6.07) is 12.9. The number of nitrogen functional groups attached to an aromatic ring is 1. The number of aryl methyl sites for hydroxylation is 1. The van der Waals surface area contributed by atoms with Crippen LogP contribution in [0.25, 0.3) is 11.3 Å². The van der Waals surface area contributed by atoms with Crippen molar-refractivity contribution < 1.29 is 23.1 Å². The Balaban J connectivity index is 1.37. The molecule has 5 rings (SSSR count). The summed E-state index contributed by atoms with van der Waals surface area (Å²) >= 11 is 0. The van der Waals surface area contributed by atoms with E-state index in [1.165, 1.54) is 23.2 Å². The summed E-state index contributed by atoms with van der Waals surface area (Å²) in [6.45, 7) is 6.07. The van der Waals surface area contributed by atoms with Gasteiger partial charge in [-0.3, -0.25) is 4.79 Å². The molecule has 11 nitrogen and oxygen atoms in total. The zero-order valence-electron chi connectivity index (χ0n) is 23.2. The average Bonchev–Trinajstić information content (AvgIpc) is 3.53. The van der Waals surface area contributed by atoms with Crippen molar-refractivity contribution >= 4 is 27.8 Å². The molecule has 2 heterocycles. The Bertz CT molecular complexity index is 1600. The molecule has 1 aliphatic heterocycles. The van der Waals surface area contributed by atoms with Gasteiger partial charge in [0.1, 0.15) is 0 Å². The molecular formula is C29H34N6O5S. The van der Waals surface area contributed by atoms with Gasteiger partial charge in [-0.2, -0.15) is 0 Å². The summed E-state index contributed by atoms with van der Waals surface area (Å²) in [6.07, 6.45) is 2.29. The molecular weight excluding hydrogens is 544 g/mol. The third-order valence-corrected chi connectivity index (χ3v) is 9.20. The van der Waals surface area contributed by atoms with E-state index in [-0.39, 0.29) is 28.1 Å². The fourth-order valence-corrected chi connectivity index (χ4v) is 7.22. The Morgan fingerprint density at radius 1 is 1.10 bits per heavy atom. The van der Waals surface area contributed by atoms with Crippen LogP contribution in [0.2, 0.25) is 0 Å². The first-order valence-electron chi connectivity index (χ1n) is 13.5. The van der Waals surface area contributed by atoms with Crippen molar-refractivity contribution in [3.8, 4) is 11.3 Å². The number of nitrogens with two attached hydrogens (primary N) is 1. The van der Waals surface area contributed by atoms with E-state index in [4.69, 9.17) is 5.73 Å². The standard InChI is InChI=1S/C29H34N6O5S/c1-29(2,3)25-22(13-14-35(25)28(37)38)33-27(36)24-26(30)31-16-23(32-24)18-8-6-9-19(15-18)41(39,40)34-21-12-11-17-7-4-5-10-20(17)21/h4-10,15-16,21-22,25,34H,11-14H2,1-3H3,(H2,30,31)(H,33,36)(H,37,38)/t21-,22+,25?/m1/s1. The first kappa shape index (κ1) is 28.5. The molecule has 0 radical (unpaired) electrons. The molecule has 1 saturated heterocycles. The number of hydrogen-bond donors (Lipinski definition) is 4. The van der Waals surface area contributed by atoms with Crippen molar-refractivity contribution in [1.29, 1.82) is 0 Å². The van der Waals surface area contributed by atoms with E-state index >= 15 is 0 Å². The van der Waals surface area contributed by atoms with E-state index in [1.807, 2.05) is 45.0 Å². The van der Waals surface area contributed by atoms with E-state index in [0.717, 1.165) is 17.5 Å². The summed E-state index contributed by atoms with van der Waals surface area (Å²) in [4.78, 5) is 35.1. The van der Waals surface area contributed by atoms with E-state index in [0.29, 0.717) is 24.9 Å². The lowest BCUT2D eigenvalue weighted by atomic mass is 9.82. The van der Waals surface area contributed by atoms with Crippen molar-refractivity contribution in [1.82, 2.24) is 24.9 Å².